The zero-order valence-electron chi connectivity index (χ0n) is 20.4. The van der Waals surface area contributed by atoms with Crippen LogP contribution >= 0.6 is 0 Å². The van der Waals surface area contributed by atoms with Gasteiger partial charge in [0.2, 0.25) is 0 Å². The number of nitrogens with one attached hydrogen (secondary N) is 1. The lowest BCUT2D eigenvalue weighted by molar-refractivity contribution is -0.384. The summed E-state index contributed by atoms with van der Waals surface area (Å²) >= 11 is 0. The van der Waals surface area contributed by atoms with E-state index in [1.54, 1.807) is 26.2 Å². The number of hydrogen-bond acceptors (Lipinski definition) is 6. The third kappa shape index (κ3) is 4.18. The van der Waals surface area contributed by atoms with E-state index >= 15 is 0 Å². The Morgan fingerprint density at radius 1 is 1.06 bits per heavy atom. The summed E-state index contributed by atoms with van der Waals surface area (Å²) in [4.78, 5) is 13.6. The highest BCUT2D eigenvalue weighted by Crippen LogP contribution is 2.61. The van der Waals surface area contributed by atoms with Crippen LogP contribution in [0.2, 0.25) is 0 Å². The molecule has 6 rings (SSSR count). The lowest BCUT2D eigenvalue weighted by Crippen LogP contribution is -2.53. The van der Waals surface area contributed by atoms with Crippen LogP contribution in [0.25, 0.3) is 0 Å². The number of benzene rings is 1. The molecular weight excluding hydrogens is 454 g/mol. The fraction of sp³-hybridized carbons (Fsp3) is 0.750. The summed E-state index contributed by atoms with van der Waals surface area (Å²) in [5.41, 5.74) is 1.82. The molecule has 5 fully saturated rings. The minimum atomic E-state index is -3.43. The van der Waals surface area contributed by atoms with Gasteiger partial charge in [0.25, 0.3) is 15.9 Å². The Balaban J connectivity index is 1.34. The van der Waals surface area contributed by atoms with E-state index in [-0.39, 0.29) is 22.1 Å². The maximum atomic E-state index is 12.4. The number of hydrogen-bond donors (Lipinski definition) is 1. The molecule has 1 heterocycles. The van der Waals surface area contributed by atoms with E-state index in [1.165, 1.54) is 47.1 Å². The van der Waals surface area contributed by atoms with Crippen molar-refractivity contribution < 1.29 is 13.3 Å². The van der Waals surface area contributed by atoms with E-state index < -0.39 is 10.2 Å². The van der Waals surface area contributed by atoms with Crippen LogP contribution in [0, 0.1) is 33.3 Å². The highest BCUT2D eigenvalue weighted by molar-refractivity contribution is 7.86. The molecule has 188 valence electrons. The van der Waals surface area contributed by atoms with Crippen molar-refractivity contribution in [1.82, 2.24) is 8.61 Å². The summed E-state index contributed by atoms with van der Waals surface area (Å²) in [6.45, 7) is 4.10. The fourth-order valence-corrected chi connectivity index (χ4v) is 8.58. The molecule has 10 heteroatoms. The van der Waals surface area contributed by atoms with Crippen LogP contribution in [0.5, 0.6) is 0 Å². The van der Waals surface area contributed by atoms with Crippen LogP contribution < -0.4 is 10.2 Å². The zero-order valence-corrected chi connectivity index (χ0v) is 21.3. The van der Waals surface area contributed by atoms with E-state index in [4.69, 9.17) is 0 Å². The maximum Gasteiger partial charge on any atom is 0.292 e. The van der Waals surface area contributed by atoms with Gasteiger partial charge in [-0.15, -0.1) is 0 Å². The lowest BCUT2D eigenvalue weighted by Gasteiger charge is -2.59. The number of nitro benzene ring substituents is 1. The van der Waals surface area contributed by atoms with Gasteiger partial charge in [-0.1, -0.05) is 0 Å². The second-order valence-corrected chi connectivity index (χ2v) is 13.4. The van der Waals surface area contributed by atoms with Gasteiger partial charge in [0.1, 0.15) is 5.69 Å². The molecule has 9 nitrogen and oxygen atoms in total. The quantitative estimate of drug-likeness (QED) is 0.463. The third-order valence-electron chi connectivity index (χ3n) is 8.94. The Hall–Kier alpha value is -1.91. The van der Waals surface area contributed by atoms with Crippen molar-refractivity contribution in [3.05, 3.63) is 28.3 Å². The summed E-state index contributed by atoms with van der Waals surface area (Å²) < 4.78 is 27.6. The average Bonchev–Trinajstić information content (AvgIpc) is 2.78. The highest BCUT2D eigenvalue weighted by atomic mass is 32.2. The minimum absolute atomic E-state index is 0.106. The van der Waals surface area contributed by atoms with Gasteiger partial charge in [-0.05, 0) is 80.8 Å². The molecule has 0 unspecified atom stereocenters. The Labute approximate surface area is 202 Å². The lowest BCUT2D eigenvalue weighted by atomic mass is 9.48. The van der Waals surface area contributed by atoms with Crippen LogP contribution in [0.1, 0.15) is 45.4 Å². The van der Waals surface area contributed by atoms with E-state index in [0.717, 1.165) is 23.4 Å². The largest absolute Gasteiger partial charge is 0.376 e. The molecule has 5 aliphatic rings. The monoisotopic (exact) mass is 491 g/mol. The molecule has 4 saturated carbocycles. The van der Waals surface area contributed by atoms with Crippen molar-refractivity contribution >= 4 is 27.3 Å². The van der Waals surface area contributed by atoms with Gasteiger partial charge >= 0.3 is 0 Å². The molecule has 1 saturated heterocycles. The molecule has 0 amide bonds. The van der Waals surface area contributed by atoms with E-state index in [9.17, 15) is 18.5 Å². The fourth-order valence-electron chi connectivity index (χ4n) is 7.50. The standard InChI is InChI=1S/C24H37N5O4S/c1-17(24-14-18-10-19(15-24)12-20(11-18)16-24)25-22-13-21(4-5-23(22)29(30)31)27-6-8-28(9-7-27)34(32,33)26(2)3/h4-5,13,17-20,25H,6-12,14-16H2,1-3H3/t17-,18?,19?,20?,24?/m0/s1. The molecule has 34 heavy (non-hydrogen) atoms. The first-order valence-electron chi connectivity index (χ1n) is 12.5. The van der Waals surface area contributed by atoms with Crippen molar-refractivity contribution in [2.45, 2.75) is 51.5 Å². The smallest absolute Gasteiger partial charge is 0.292 e. The van der Waals surface area contributed by atoms with Crippen molar-refractivity contribution in [3.8, 4) is 0 Å². The maximum absolute atomic E-state index is 12.4. The SMILES string of the molecule is C[C@H](Nc1cc(N2CCN(S(=O)(=O)N(C)C)CC2)ccc1[N+](=O)[O-])C12CC3CC(CC(C3)C1)C2. The minimum Gasteiger partial charge on any atom is -0.376 e. The average molecular weight is 492 g/mol. The van der Waals surface area contributed by atoms with Crippen LogP contribution in [0.3, 0.4) is 0 Å². The number of nitro groups is 1. The van der Waals surface area contributed by atoms with Gasteiger partial charge in [-0.3, -0.25) is 10.1 Å². The van der Waals surface area contributed by atoms with Crippen molar-refractivity contribution in [2.75, 3.05) is 50.5 Å². The Kier molecular flexibility index (Phi) is 6.05. The summed E-state index contributed by atoms with van der Waals surface area (Å²) in [6, 6.07) is 5.45. The second kappa shape index (κ2) is 8.64. The van der Waals surface area contributed by atoms with Gasteiger partial charge in [0.15, 0.2) is 0 Å². The highest BCUT2D eigenvalue weighted by Gasteiger charge is 2.53. The third-order valence-corrected chi connectivity index (χ3v) is 10.9. The molecule has 1 aromatic carbocycles. The van der Waals surface area contributed by atoms with Crippen LogP contribution in [0.15, 0.2) is 18.2 Å². The predicted molar refractivity (Wildman–Crippen MR) is 133 cm³/mol. The van der Waals surface area contributed by atoms with E-state index in [2.05, 4.69) is 17.1 Å². The molecule has 0 radical (unpaired) electrons. The molecule has 1 aliphatic heterocycles. The van der Waals surface area contributed by atoms with Crippen LogP contribution in [-0.2, 0) is 10.2 Å². The van der Waals surface area contributed by atoms with Crippen molar-refractivity contribution in [3.63, 3.8) is 0 Å². The van der Waals surface area contributed by atoms with Crippen molar-refractivity contribution in [1.29, 1.82) is 0 Å². The molecule has 4 aliphatic carbocycles. The van der Waals surface area contributed by atoms with Gasteiger partial charge < -0.3 is 10.2 Å². The number of nitrogens with zero attached hydrogens (tertiary/aromatic N) is 4. The molecular formula is C24H37N5O4S. The summed E-state index contributed by atoms with van der Waals surface area (Å²) in [5, 5.41) is 15.4. The Morgan fingerprint density at radius 2 is 1.62 bits per heavy atom. The van der Waals surface area contributed by atoms with Gasteiger partial charge in [-0.25, -0.2) is 0 Å². The topological polar surface area (TPSA) is 99.0 Å². The summed E-state index contributed by atoms with van der Waals surface area (Å²) in [6.07, 6.45) is 7.83. The molecule has 0 spiro atoms. The molecule has 4 bridgehead atoms. The Morgan fingerprint density at radius 3 is 2.12 bits per heavy atom. The zero-order chi connectivity index (χ0) is 24.3. The second-order valence-electron chi connectivity index (χ2n) is 11.3. The first-order chi connectivity index (χ1) is 16.1. The number of anilines is 2. The normalized spacial score (nSPS) is 32.2. The predicted octanol–water partition coefficient (Wildman–Crippen LogP) is 3.54. The van der Waals surface area contributed by atoms with Gasteiger partial charge in [0, 0.05) is 58.1 Å². The number of piperazine rings is 1. The molecule has 1 aromatic rings. The Bertz CT molecular complexity index is 1020. The summed E-state index contributed by atoms with van der Waals surface area (Å²) in [7, 11) is -0.346. The molecule has 1 N–H and O–H groups in total. The number of rotatable bonds is 7. The van der Waals surface area contributed by atoms with Gasteiger partial charge in [-0.2, -0.15) is 17.0 Å². The first kappa shape index (κ1) is 23.8. The van der Waals surface area contributed by atoms with E-state index in [0.29, 0.717) is 31.9 Å². The van der Waals surface area contributed by atoms with Crippen LogP contribution in [0.4, 0.5) is 17.1 Å². The van der Waals surface area contributed by atoms with E-state index in [1.807, 2.05) is 6.07 Å². The summed E-state index contributed by atoms with van der Waals surface area (Å²) in [5.74, 6) is 2.48. The van der Waals surface area contributed by atoms with Crippen LogP contribution in [-0.4, -0.2) is 68.3 Å². The first-order valence-corrected chi connectivity index (χ1v) is 13.9. The van der Waals surface area contributed by atoms with Crippen molar-refractivity contribution in [2.24, 2.45) is 23.2 Å². The molecule has 0 aromatic heterocycles. The van der Waals surface area contributed by atoms with Gasteiger partial charge in [0.05, 0.1) is 4.92 Å². The molecule has 1 atom stereocenters.